The van der Waals surface area contributed by atoms with Gasteiger partial charge in [0.2, 0.25) is 0 Å². The third-order valence-corrected chi connectivity index (χ3v) is 1.95. The largest absolute Gasteiger partial charge is 0.497 e. The summed E-state index contributed by atoms with van der Waals surface area (Å²) in [5, 5.41) is 0. The van der Waals surface area contributed by atoms with Gasteiger partial charge in [0.05, 0.1) is 21.3 Å². The summed E-state index contributed by atoms with van der Waals surface area (Å²) in [7, 11) is 4.78. The summed E-state index contributed by atoms with van der Waals surface area (Å²) in [6, 6.07) is 5.51. The van der Waals surface area contributed by atoms with E-state index in [1.165, 1.54) is 0 Å². The van der Waals surface area contributed by atoms with Crippen molar-refractivity contribution in [2.75, 3.05) is 21.3 Å². The second kappa shape index (κ2) is 4.56. The van der Waals surface area contributed by atoms with Crippen molar-refractivity contribution in [2.24, 2.45) is 0 Å². The number of rotatable bonds is 4. The number of hydrogen-bond acceptors (Lipinski definition) is 3. The van der Waals surface area contributed by atoms with Gasteiger partial charge in [0, 0.05) is 5.56 Å². The van der Waals surface area contributed by atoms with E-state index in [9.17, 15) is 0 Å². The van der Waals surface area contributed by atoms with Gasteiger partial charge in [-0.05, 0) is 18.2 Å². The number of ether oxygens (including phenoxy) is 3. The maximum atomic E-state index is 5.15. The van der Waals surface area contributed by atoms with Crippen LogP contribution >= 0.6 is 0 Å². The van der Waals surface area contributed by atoms with Gasteiger partial charge in [0.15, 0.2) is 11.5 Å². The summed E-state index contributed by atoms with van der Waals surface area (Å²) < 4.78 is 15.3. The first kappa shape index (κ1) is 10.4. The zero-order valence-electron chi connectivity index (χ0n) is 8.66. The van der Waals surface area contributed by atoms with Crippen LogP contribution in [0.2, 0.25) is 0 Å². The lowest BCUT2D eigenvalue weighted by Gasteiger charge is -2.10. The molecule has 0 heterocycles. The van der Waals surface area contributed by atoms with E-state index < -0.39 is 0 Å². The van der Waals surface area contributed by atoms with E-state index in [0.29, 0.717) is 17.3 Å². The zero-order valence-corrected chi connectivity index (χ0v) is 8.66. The highest BCUT2D eigenvalue weighted by atomic mass is 16.5. The second-order valence-electron chi connectivity index (χ2n) is 2.70. The minimum Gasteiger partial charge on any atom is -0.497 e. The van der Waals surface area contributed by atoms with Crippen molar-refractivity contribution in [3.8, 4) is 11.5 Å². The van der Waals surface area contributed by atoms with E-state index in [1.807, 2.05) is 18.2 Å². The van der Waals surface area contributed by atoms with Crippen LogP contribution in [0.5, 0.6) is 11.5 Å². The van der Waals surface area contributed by atoms with Crippen LogP contribution in [0.3, 0.4) is 0 Å². The first-order valence-corrected chi connectivity index (χ1v) is 4.18. The van der Waals surface area contributed by atoms with Gasteiger partial charge in [-0.2, -0.15) is 0 Å². The van der Waals surface area contributed by atoms with E-state index in [1.54, 1.807) is 21.3 Å². The second-order valence-corrected chi connectivity index (χ2v) is 2.70. The van der Waals surface area contributed by atoms with Crippen molar-refractivity contribution >= 4 is 5.76 Å². The molecule has 0 radical (unpaired) electrons. The van der Waals surface area contributed by atoms with Gasteiger partial charge in [0.1, 0.15) is 5.76 Å². The summed E-state index contributed by atoms with van der Waals surface area (Å²) in [5.74, 6) is 1.97. The third kappa shape index (κ3) is 1.99. The Morgan fingerprint density at radius 2 is 1.71 bits per heavy atom. The lowest BCUT2D eigenvalue weighted by atomic mass is 10.2. The van der Waals surface area contributed by atoms with Gasteiger partial charge in [0.25, 0.3) is 0 Å². The number of methoxy groups -OCH3 is 3. The molecule has 0 aromatic heterocycles. The molecule has 0 unspecified atom stereocenters. The molecule has 3 nitrogen and oxygen atoms in total. The fourth-order valence-corrected chi connectivity index (χ4v) is 1.13. The van der Waals surface area contributed by atoms with E-state index in [2.05, 4.69) is 6.58 Å². The van der Waals surface area contributed by atoms with Crippen molar-refractivity contribution in [3.63, 3.8) is 0 Å². The van der Waals surface area contributed by atoms with E-state index >= 15 is 0 Å². The Bertz CT molecular complexity index is 331. The molecule has 0 N–H and O–H groups in total. The van der Waals surface area contributed by atoms with Gasteiger partial charge >= 0.3 is 0 Å². The molecule has 0 aliphatic carbocycles. The minimum atomic E-state index is 0.603. The van der Waals surface area contributed by atoms with Gasteiger partial charge in [-0.1, -0.05) is 6.58 Å². The fraction of sp³-hybridized carbons (Fsp3) is 0.273. The zero-order chi connectivity index (χ0) is 10.6. The van der Waals surface area contributed by atoms with E-state index in [4.69, 9.17) is 14.2 Å². The average Bonchev–Trinajstić information content (AvgIpc) is 2.26. The highest BCUT2D eigenvalue weighted by Crippen LogP contribution is 2.29. The molecule has 3 heteroatoms. The third-order valence-electron chi connectivity index (χ3n) is 1.95. The molecule has 0 spiro atoms. The Labute approximate surface area is 83.9 Å². The first-order chi connectivity index (χ1) is 6.72. The molecule has 1 rings (SSSR count). The highest BCUT2D eigenvalue weighted by Gasteiger charge is 2.06. The lowest BCUT2D eigenvalue weighted by Crippen LogP contribution is -1.92. The summed E-state index contributed by atoms with van der Waals surface area (Å²) in [6.45, 7) is 3.76. The normalized spacial score (nSPS) is 9.36. The van der Waals surface area contributed by atoms with Crippen molar-refractivity contribution in [1.29, 1.82) is 0 Å². The summed E-state index contributed by atoms with van der Waals surface area (Å²) in [5.41, 5.74) is 0.880. The minimum absolute atomic E-state index is 0.603. The summed E-state index contributed by atoms with van der Waals surface area (Å²) in [4.78, 5) is 0. The van der Waals surface area contributed by atoms with Crippen LogP contribution in [0, 0.1) is 0 Å². The molecule has 0 fully saturated rings. The number of hydrogen-bond donors (Lipinski definition) is 0. The molecule has 1 aromatic carbocycles. The van der Waals surface area contributed by atoms with Crippen LogP contribution in [0.1, 0.15) is 5.56 Å². The topological polar surface area (TPSA) is 27.7 Å². The Morgan fingerprint density at radius 3 is 2.21 bits per heavy atom. The SMILES string of the molecule is C=C(OC)c1ccc(OC)c(OC)c1. The summed E-state index contributed by atoms with van der Waals surface area (Å²) in [6.07, 6.45) is 0. The van der Waals surface area contributed by atoms with E-state index in [0.717, 1.165) is 5.56 Å². The summed E-state index contributed by atoms with van der Waals surface area (Å²) >= 11 is 0. The van der Waals surface area contributed by atoms with Crippen LogP contribution < -0.4 is 9.47 Å². The van der Waals surface area contributed by atoms with Gasteiger partial charge in [-0.25, -0.2) is 0 Å². The van der Waals surface area contributed by atoms with Crippen LogP contribution in [0.4, 0.5) is 0 Å². The molecule has 1 aromatic rings. The quantitative estimate of drug-likeness (QED) is 0.688. The Kier molecular flexibility index (Phi) is 3.40. The Balaban J connectivity index is 3.07. The predicted octanol–water partition coefficient (Wildman–Crippen LogP) is 2.32. The van der Waals surface area contributed by atoms with Crippen molar-refractivity contribution in [2.45, 2.75) is 0 Å². The molecule has 0 aliphatic heterocycles. The number of benzene rings is 1. The van der Waals surface area contributed by atoms with Crippen molar-refractivity contribution in [3.05, 3.63) is 30.3 Å². The van der Waals surface area contributed by atoms with Gasteiger partial charge in [-0.3, -0.25) is 0 Å². The van der Waals surface area contributed by atoms with Crippen molar-refractivity contribution in [1.82, 2.24) is 0 Å². The molecular weight excluding hydrogens is 180 g/mol. The highest BCUT2D eigenvalue weighted by molar-refractivity contribution is 5.61. The Hall–Kier alpha value is -1.64. The van der Waals surface area contributed by atoms with Gasteiger partial charge < -0.3 is 14.2 Å². The standard InChI is InChI=1S/C11H14O3/c1-8(12-2)9-5-6-10(13-3)11(7-9)14-4/h5-7H,1H2,2-4H3. The maximum absolute atomic E-state index is 5.15. The van der Waals surface area contributed by atoms with Gasteiger partial charge in [-0.15, -0.1) is 0 Å². The monoisotopic (exact) mass is 194 g/mol. The van der Waals surface area contributed by atoms with Crippen LogP contribution in [-0.4, -0.2) is 21.3 Å². The molecule has 76 valence electrons. The van der Waals surface area contributed by atoms with Crippen LogP contribution in [-0.2, 0) is 4.74 Å². The molecule has 0 amide bonds. The molecule has 0 bridgehead atoms. The molecule has 0 atom stereocenters. The molecule has 0 saturated carbocycles. The lowest BCUT2D eigenvalue weighted by molar-refractivity contribution is 0.352. The van der Waals surface area contributed by atoms with Crippen LogP contribution in [0.25, 0.3) is 5.76 Å². The van der Waals surface area contributed by atoms with Crippen molar-refractivity contribution < 1.29 is 14.2 Å². The van der Waals surface area contributed by atoms with E-state index in [-0.39, 0.29) is 0 Å². The maximum Gasteiger partial charge on any atom is 0.161 e. The Morgan fingerprint density at radius 1 is 1.07 bits per heavy atom. The smallest absolute Gasteiger partial charge is 0.161 e. The molecular formula is C11H14O3. The first-order valence-electron chi connectivity index (χ1n) is 4.18. The molecule has 0 saturated heterocycles. The molecule has 0 aliphatic rings. The molecule has 14 heavy (non-hydrogen) atoms. The fourth-order valence-electron chi connectivity index (χ4n) is 1.13. The predicted molar refractivity (Wildman–Crippen MR) is 55.6 cm³/mol. The van der Waals surface area contributed by atoms with Crippen LogP contribution in [0.15, 0.2) is 24.8 Å². The average molecular weight is 194 g/mol.